The van der Waals surface area contributed by atoms with Gasteiger partial charge in [0.05, 0.1) is 11.9 Å². The summed E-state index contributed by atoms with van der Waals surface area (Å²) in [6.45, 7) is 0.712. The second kappa shape index (κ2) is 8.45. The summed E-state index contributed by atoms with van der Waals surface area (Å²) in [4.78, 5) is 20.2. The Morgan fingerprint density at radius 3 is 1.68 bits per heavy atom. The summed E-state index contributed by atoms with van der Waals surface area (Å²) in [7, 11) is -2.23. The molecule has 4 aromatic rings. The molecule has 0 N–H and O–H groups in total. The van der Waals surface area contributed by atoms with Crippen molar-refractivity contribution in [2.24, 2.45) is 0 Å². The second-order valence-electron chi connectivity index (χ2n) is 7.73. The van der Waals surface area contributed by atoms with Gasteiger partial charge in [0.1, 0.15) is 23.2 Å². The molecular formula is C27H24N2OP+. The molecule has 5 rings (SSSR count). The van der Waals surface area contributed by atoms with Crippen molar-refractivity contribution in [1.29, 1.82) is 0 Å². The maximum Gasteiger partial charge on any atom is 0.269 e. The van der Waals surface area contributed by atoms with Crippen LogP contribution in [0.2, 0.25) is 0 Å². The predicted molar refractivity (Wildman–Crippen MR) is 130 cm³/mol. The lowest BCUT2D eigenvalue weighted by Crippen LogP contribution is -2.42. The van der Waals surface area contributed by atoms with E-state index in [2.05, 4.69) is 77.8 Å². The maximum absolute atomic E-state index is 14.0. The van der Waals surface area contributed by atoms with Gasteiger partial charge in [0.25, 0.3) is 5.91 Å². The Hall–Kier alpha value is -3.29. The molecule has 1 aliphatic rings. The van der Waals surface area contributed by atoms with Crippen molar-refractivity contribution < 1.29 is 4.79 Å². The van der Waals surface area contributed by atoms with E-state index in [1.165, 1.54) is 15.9 Å². The van der Waals surface area contributed by atoms with Gasteiger partial charge >= 0.3 is 0 Å². The standard InChI is InChI=1S/C27H24N2OP/c30-27-26(18-20-29(27)22-11-10-19-28-21-22)31(23-12-4-1-5-13-23,24-14-6-2-7-15-24)25-16-8-3-9-17-25/h1-17,19,21,26H,18,20H2/q+1/t26-/m1/s1. The van der Waals surface area contributed by atoms with Crippen molar-refractivity contribution in [2.45, 2.75) is 12.1 Å². The van der Waals surface area contributed by atoms with Crippen LogP contribution in [-0.2, 0) is 4.79 Å². The van der Waals surface area contributed by atoms with Crippen LogP contribution in [0.25, 0.3) is 0 Å². The SMILES string of the molecule is O=C1[C@H]([P+](c2ccccc2)(c2ccccc2)c2ccccc2)CCN1c1cccnc1. The van der Waals surface area contributed by atoms with Crippen molar-refractivity contribution in [3.05, 3.63) is 116 Å². The van der Waals surface area contributed by atoms with Crippen molar-refractivity contribution in [1.82, 2.24) is 4.98 Å². The highest BCUT2D eigenvalue weighted by Gasteiger charge is 2.58. The fourth-order valence-electron chi connectivity index (χ4n) is 4.77. The number of hydrogen-bond acceptors (Lipinski definition) is 2. The highest BCUT2D eigenvalue weighted by molar-refractivity contribution is 7.97. The summed E-state index contributed by atoms with van der Waals surface area (Å²) in [6.07, 6.45) is 4.35. The summed E-state index contributed by atoms with van der Waals surface area (Å²) in [6, 6.07) is 35.8. The molecule has 0 aliphatic carbocycles. The van der Waals surface area contributed by atoms with Crippen LogP contribution in [0.4, 0.5) is 5.69 Å². The normalized spacial score (nSPS) is 16.5. The zero-order valence-corrected chi connectivity index (χ0v) is 18.1. The van der Waals surface area contributed by atoms with E-state index in [9.17, 15) is 4.79 Å². The third-order valence-electron chi connectivity index (χ3n) is 6.09. The highest BCUT2D eigenvalue weighted by atomic mass is 31.2. The van der Waals surface area contributed by atoms with Gasteiger partial charge in [-0.2, -0.15) is 0 Å². The summed E-state index contributed by atoms with van der Waals surface area (Å²) >= 11 is 0. The summed E-state index contributed by atoms with van der Waals surface area (Å²) < 4.78 is 0. The van der Waals surface area contributed by atoms with Crippen LogP contribution in [0, 0.1) is 0 Å². The Morgan fingerprint density at radius 1 is 0.710 bits per heavy atom. The van der Waals surface area contributed by atoms with Crippen LogP contribution in [0.1, 0.15) is 6.42 Å². The number of hydrogen-bond donors (Lipinski definition) is 0. The first-order chi connectivity index (χ1) is 15.3. The zero-order valence-electron chi connectivity index (χ0n) is 17.2. The molecule has 1 aromatic heterocycles. The van der Waals surface area contributed by atoms with Crippen LogP contribution in [0.3, 0.4) is 0 Å². The van der Waals surface area contributed by atoms with Crippen LogP contribution < -0.4 is 20.8 Å². The van der Waals surface area contributed by atoms with Gasteiger partial charge in [-0.05, 0) is 48.5 Å². The van der Waals surface area contributed by atoms with E-state index in [-0.39, 0.29) is 11.6 Å². The van der Waals surface area contributed by atoms with Crippen molar-refractivity contribution in [3.63, 3.8) is 0 Å². The lowest BCUT2D eigenvalue weighted by Gasteiger charge is -2.31. The molecule has 0 saturated carbocycles. The molecule has 1 atom stereocenters. The molecule has 3 aromatic carbocycles. The minimum absolute atomic E-state index is 0.111. The van der Waals surface area contributed by atoms with Gasteiger partial charge in [0.15, 0.2) is 5.66 Å². The number of pyridine rings is 1. The number of anilines is 1. The van der Waals surface area contributed by atoms with Crippen molar-refractivity contribution >= 4 is 34.8 Å². The fraction of sp³-hybridized carbons (Fsp3) is 0.111. The molecule has 1 saturated heterocycles. The largest absolute Gasteiger partial charge is 0.307 e. The van der Waals surface area contributed by atoms with E-state index in [1.807, 2.05) is 35.2 Å². The van der Waals surface area contributed by atoms with Crippen molar-refractivity contribution in [3.8, 4) is 0 Å². The summed E-state index contributed by atoms with van der Waals surface area (Å²) in [5.41, 5.74) is 0.766. The lowest BCUT2D eigenvalue weighted by molar-refractivity contribution is -0.116. The Morgan fingerprint density at radius 2 is 1.23 bits per heavy atom. The average Bonchev–Trinajstić information content (AvgIpc) is 3.24. The molecule has 1 fully saturated rings. The number of aromatic nitrogens is 1. The Bertz CT molecular complexity index is 1050. The number of benzene rings is 3. The number of amides is 1. The van der Waals surface area contributed by atoms with E-state index in [4.69, 9.17) is 0 Å². The average molecular weight is 423 g/mol. The molecular weight excluding hydrogens is 399 g/mol. The molecule has 4 heteroatoms. The number of carbonyl (C=O) groups is 1. The van der Waals surface area contributed by atoms with Gasteiger partial charge in [-0.15, -0.1) is 0 Å². The number of carbonyl (C=O) groups excluding carboxylic acids is 1. The summed E-state index contributed by atoms with van der Waals surface area (Å²) in [5, 5.41) is 3.75. The predicted octanol–water partition coefficient (Wildman–Crippen LogP) is 4.18. The fourth-order valence-corrected chi connectivity index (χ4v) is 9.65. The number of rotatable bonds is 5. The molecule has 0 spiro atoms. The van der Waals surface area contributed by atoms with Crippen LogP contribution in [0.5, 0.6) is 0 Å². The van der Waals surface area contributed by atoms with Gasteiger partial charge in [-0.25, -0.2) is 0 Å². The van der Waals surface area contributed by atoms with Crippen molar-refractivity contribution in [2.75, 3.05) is 11.4 Å². The minimum atomic E-state index is -2.23. The lowest BCUT2D eigenvalue weighted by atomic mass is 10.3. The van der Waals surface area contributed by atoms with Gasteiger partial charge < -0.3 is 4.90 Å². The third-order valence-corrected chi connectivity index (χ3v) is 10.8. The quantitative estimate of drug-likeness (QED) is 0.451. The monoisotopic (exact) mass is 423 g/mol. The molecule has 1 amide bonds. The maximum atomic E-state index is 14.0. The smallest absolute Gasteiger partial charge is 0.269 e. The Labute approximate surface area is 183 Å². The Balaban J connectivity index is 1.74. The van der Waals surface area contributed by atoms with Gasteiger partial charge in [0, 0.05) is 19.2 Å². The molecule has 0 bridgehead atoms. The van der Waals surface area contributed by atoms with Gasteiger partial charge in [-0.3, -0.25) is 9.78 Å². The minimum Gasteiger partial charge on any atom is -0.307 e. The topological polar surface area (TPSA) is 33.2 Å². The molecule has 0 unspecified atom stereocenters. The van der Waals surface area contributed by atoms with E-state index in [1.54, 1.807) is 12.4 Å². The van der Waals surface area contributed by atoms with Crippen LogP contribution in [-0.4, -0.2) is 23.1 Å². The van der Waals surface area contributed by atoms with Gasteiger partial charge in [0.2, 0.25) is 0 Å². The van der Waals surface area contributed by atoms with E-state index in [0.717, 1.165) is 12.1 Å². The van der Waals surface area contributed by atoms with E-state index >= 15 is 0 Å². The zero-order chi connectivity index (χ0) is 21.1. The summed E-state index contributed by atoms with van der Waals surface area (Å²) in [5.74, 6) is 0.192. The molecule has 0 radical (unpaired) electrons. The first kappa shape index (κ1) is 19.7. The molecule has 1 aliphatic heterocycles. The Kier molecular flexibility index (Phi) is 5.36. The van der Waals surface area contributed by atoms with Crippen LogP contribution in [0.15, 0.2) is 116 Å². The third kappa shape index (κ3) is 3.36. The van der Waals surface area contributed by atoms with E-state index < -0.39 is 7.26 Å². The van der Waals surface area contributed by atoms with Crippen LogP contribution >= 0.6 is 7.26 Å². The van der Waals surface area contributed by atoms with E-state index in [0.29, 0.717) is 6.54 Å². The first-order valence-corrected chi connectivity index (χ1v) is 12.4. The highest BCUT2D eigenvalue weighted by Crippen LogP contribution is 2.62. The molecule has 3 nitrogen and oxygen atoms in total. The van der Waals surface area contributed by atoms with Gasteiger partial charge in [-0.1, -0.05) is 54.6 Å². The molecule has 31 heavy (non-hydrogen) atoms. The molecule has 2 heterocycles. The number of nitrogens with zero attached hydrogens (tertiary/aromatic N) is 2. The first-order valence-electron chi connectivity index (χ1n) is 10.6. The molecule has 152 valence electrons. The second-order valence-corrected chi connectivity index (χ2v) is 11.4.